The van der Waals surface area contributed by atoms with Crippen LogP contribution in [0.5, 0.6) is 5.75 Å². The number of benzene rings is 2. The zero-order chi connectivity index (χ0) is 19.1. The quantitative estimate of drug-likeness (QED) is 0.542. The van der Waals surface area contributed by atoms with Crippen molar-refractivity contribution in [1.29, 1.82) is 0 Å². The molecular formula is C21H16F2N4O. The lowest BCUT2D eigenvalue weighted by atomic mass is 10.00. The predicted molar refractivity (Wildman–Crippen MR) is 99.2 cm³/mol. The fourth-order valence-electron chi connectivity index (χ4n) is 3.74. The summed E-state index contributed by atoms with van der Waals surface area (Å²) in [6.45, 7) is 0.580. The summed E-state index contributed by atoms with van der Waals surface area (Å²) in [6, 6.07) is 9.61. The molecule has 7 heteroatoms. The summed E-state index contributed by atoms with van der Waals surface area (Å²) >= 11 is 0. The van der Waals surface area contributed by atoms with Gasteiger partial charge in [0.2, 0.25) is 0 Å². The second-order valence-corrected chi connectivity index (χ2v) is 6.69. The van der Waals surface area contributed by atoms with Crippen LogP contribution < -0.4 is 4.74 Å². The van der Waals surface area contributed by atoms with Gasteiger partial charge in [-0.15, -0.1) is 10.2 Å². The highest BCUT2D eigenvalue weighted by molar-refractivity contribution is 5.76. The van der Waals surface area contributed by atoms with E-state index in [4.69, 9.17) is 4.74 Å². The second-order valence-electron chi connectivity index (χ2n) is 6.69. The predicted octanol–water partition coefficient (Wildman–Crippen LogP) is 3.79. The molecule has 1 aliphatic heterocycles. The van der Waals surface area contributed by atoms with Gasteiger partial charge in [-0.2, -0.15) is 0 Å². The molecule has 0 aliphatic carbocycles. The van der Waals surface area contributed by atoms with Crippen LogP contribution in [-0.4, -0.2) is 26.2 Å². The number of halogens is 2. The van der Waals surface area contributed by atoms with E-state index in [9.17, 15) is 8.78 Å². The molecule has 0 amide bonds. The molecular weight excluding hydrogens is 362 g/mol. The summed E-state index contributed by atoms with van der Waals surface area (Å²) in [7, 11) is 0. The van der Waals surface area contributed by atoms with Gasteiger partial charge in [0.05, 0.1) is 6.61 Å². The first-order valence-corrected chi connectivity index (χ1v) is 9.08. The minimum atomic E-state index is -0.344. The molecule has 0 N–H and O–H groups in total. The smallest absolute Gasteiger partial charge is 0.171 e. The van der Waals surface area contributed by atoms with Gasteiger partial charge in [-0.25, -0.2) is 13.8 Å². The third kappa shape index (κ3) is 2.70. The highest BCUT2D eigenvalue weighted by Gasteiger charge is 2.20. The number of nitrogens with zero attached hydrogens (tertiary/aromatic N) is 4. The number of aryl methyl sites for hydroxylation is 1. The van der Waals surface area contributed by atoms with E-state index in [0.717, 1.165) is 11.3 Å². The number of aromatic nitrogens is 4. The number of hydrogen-bond donors (Lipinski definition) is 0. The van der Waals surface area contributed by atoms with Crippen molar-refractivity contribution in [3.63, 3.8) is 0 Å². The van der Waals surface area contributed by atoms with Crippen LogP contribution in [-0.2, 0) is 19.3 Å². The van der Waals surface area contributed by atoms with Gasteiger partial charge in [0.25, 0.3) is 0 Å². The van der Waals surface area contributed by atoms with Crippen molar-refractivity contribution >= 4 is 5.65 Å². The second kappa shape index (κ2) is 6.67. The molecule has 0 radical (unpaired) electrons. The molecule has 28 heavy (non-hydrogen) atoms. The van der Waals surface area contributed by atoms with Crippen molar-refractivity contribution in [1.82, 2.24) is 19.6 Å². The molecule has 4 aromatic rings. The van der Waals surface area contributed by atoms with E-state index in [1.54, 1.807) is 41.2 Å². The van der Waals surface area contributed by atoms with Crippen molar-refractivity contribution in [3.05, 3.63) is 77.5 Å². The fraction of sp³-hybridized carbons (Fsp3) is 0.190. The van der Waals surface area contributed by atoms with Crippen LogP contribution in [0.25, 0.3) is 16.8 Å². The first-order valence-electron chi connectivity index (χ1n) is 9.08. The van der Waals surface area contributed by atoms with E-state index in [0.29, 0.717) is 54.0 Å². The molecule has 2 aromatic carbocycles. The number of hydrogen-bond acceptors (Lipinski definition) is 4. The lowest BCUT2D eigenvalue weighted by Gasteiger charge is -2.11. The van der Waals surface area contributed by atoms with Crippen LogP contribution in [0.4, 0.5) is 8.78 Å². The summed E-state index contributed by atoms with van der Waals surface area (Å²) in [5.74, 6) is 0.876. The minimum Gasteiger partial charge on any atom is -0.493 e. The number of rotatable bonds is 4. The van der Waals surface area contributed by atoms with Gasteiger partial charge >= 0.3 is 0 Å². The molecule has 0 saturated carbocycles. The summed E-state index contributed by atoms with van der Waals surface area (Å²) in [5, 5.41) is 8.10. The monoisotopic (exact) mass is 378 g/mol. The third-order valence-corrected chi connectivity index (χ3v) is 5.11. The molecule has 2 aromatic heterocycles. The average molecular weight is 378 g/mol. The van der Waals surface area contributed by atoms with E-state index in [-0.39, 0.29) is 11.6 Å². The maximum Gasteiger partial charge on any atom is 0.171 e. The maximum absolute atomic E-state index is 14.4. The average Bonchev–Trinajstić information content (AvgIpc) is 3.37. The van der Waals surface area contributed by atoms with E-state index in [1.165, 1.54) is 12.1 Å². The van der Waals surface area contributed by atoms with Crippen molar-refractivity contribution in [3.8, 4) is 16.9 Å². The van der Waals surface area contributed by atoms with Crippen LogP contribution in [0.15, 0.2) is 48.9 Å². The van der Waals surface area contributed by atoms with Gasteiger partial charge in [-0.05, 0) is 30.2 Å². The normalized spacial score (nSPS) is 12.9. The largest absolute Gasteiger partial charge is 0.493 e. The van der Waals surface area contributed by atoms with Crippen molar-refractivity contribution in [2.75, 3.05) is 6.61 Å². The van der Waals surface area contributed by atoms with Gasteiger partial charge < -0.3 is 4.74 Å². The topological polar surface area (TPSA) is 52.3 Å². The SMILES string of the molecule is Fc1ccccc1-c1cnc(CCc2c(F)ccc3c2CCO3)n2cnnc12. The molecule has 0 bridgehead atoms. The van der Waals surface area contributed by atoms with Gasteiger partial charge in [0, 0.05) is 35.7 Å². The van der Waals surface area contributed by atoms with E-state index in [2.05, 4.69) is 15.2 Å². The summed E-state index contributed by atoms with van der Waals surface area (Å²) in [4.78, 5) is 4.50. The first kappa shape index (κ1) is 16.8. The zero-order valence-electron chi connectivity index (χ0n) is 14.9. The molecule has 0 saturated heterocycles. The molecule has 0 spiro atoms. The summed E-state index contributed by atoms with van der Waals surface area (Å²) < 4.78 is 35.9. The Morgan fingerprint density at radius 3 is 2.79 bits per heavy atom. The third-order valence-electron chi connectivity index (χ3n) is 5.11. The van der Waals surface area contributed by atoms with Crippen LogP contribution in [0.3, 0.4) is 0 Å². The molecule has 0 unspecified atom stereocenters. The van der Waals surface area contributed by atoms with Gasteiger partial charge in [-0.1, -0.05) is 18.2 Å². The Morgan fingerprint density at radius 2 is 1.89 bits per heavy atom. The standard InChI is InChI=1S/C21H16F2N4O/c22-17-4-2-1-3-13(17)16-11-24-20(27-12-25-26-21(16)27)8-5-14-15-9-10-28-19(15)7-6-18(14)23/h1-4,6-7,11-12H,5,8-10H2. The molecule has 0 atom stereocenters. The van der Waals surface area contributed by atoms with Crippen LogP contribution >= 0.6 is 0 Å². The number of fused-ring (bicyclic) bond motifs is 2. The Balaban J connectivity index is 1.51. The molecule has 3 heterocycles. The van der Waals surface area contributed by atoms with Crippen LogP contribution in [0.1, 0.15) is 17.0 Å². The highest BCUT2D eigenvalue weighted by Crippen LogP contribution is 2.31. The first-order chi connectivity index (χ1) is 13.7. The maximum atomic E-state index is 14.4. The Kier molecular flexibility index (Phi) is 4.00. The highest BCUT2D eigenvalue weighted by atomic mass is 19.1. The van der Waals surface area contributed by atoms with E-state index < -0.39 is 0 Å². The zero-order valence-corrected chi connectivity index (χ0v) is 14.9. The van der Waals surface area contributed by atoms with Gasteiger partial charge in [0.1, 0.15) is 29.5 Å². The Bertz CT molecular complexity index is 1190. The molecule has 0 fully saturated rings. The lowest BCUT2D eigenvalue weighted by Crippen LogP contribution is -2.06. The van der Waals surface area contributed by atoms with Crippen molar-refractivity contribution in [2.45, 2.75) is 19.3 Å². The van der Waals surface area contributed by atoms with Crippen molar-refractivity contribution < 1.29 is 13.5 Å². The molecule has 5 rings (SSSR count). The van der Waals surface area contributed by atoms with Gasteiger partial charge in [-0.3, -0.25) is 4.40 Å². The molecule has 140 valence electrons. The Hall–Kier alpha value is -3.35. The van der Waals surface area contributed by atoms with E-state index >= 15 is 0 Å². The Labute approximate surface area is 159 Å². The summed E-state index contributed by atoms with van der Waals surface area (Å²) in [6.07, 6.45) is 4.85. The molecule has 1 aliphatic rings. The Morgan fingerprint density at radius 1 is 1.00 bits per heavy atom. The van der Waals surface area contributed by atoms with Crippen molar-refractivity contribution in [2.24, 2.45) is 0 Å². The van der Waals surface area contributed by atoms with Gasteiger partial charge in [0.15, 0.2) is 5.65 Å². The minimum absolute atomic E-state index is 0.229. The van der Waals surface area contributed by atoms with Crippen LogP contribution in [0, 0.1) is 11.6 Å². The number of ether oxygens (including phenoxy) is 1. The summed E-state index contributed by atoms with van der Waals surface area (Å²) in [5.41, 5.74) is 3.11. The fourth-order valence-corrected chi connectivity index (χ4v) is 3.74. The lowest BCUT2D eigenvalue weighted by molar-refractivity contribution is 0.356. The van der Waals surface area contributed by atoms with E-state index in [1.807, 2.05) is 0 Å². The molecule has 5 nitrogen and oxygen atoms in total. The van der Waals surface area contributed by atoms with Crippen LogP contribution in [0.2, 0.25) is 0 Å².